The van der Waals surface area contributed by atoms with Crippen molar-refractivity contribution in [1.29, 1.82) is 0 Å². The highest BCUT2D eigenvalue weighted by Crippen LogP contribution is 2.66. The summed E-state index contributed by atoms with van der Waals surface area (Å²) in [4.78, 5) is 5.07. The zero-order valence-electron chi connectivity index (χ0n) is 55.4. The number of rotatable bonds is 14. The van der Waals surface area contributed by atoms with Gasteiger partial charge >= 0.3 is 0 Å². The number of aryl methyl sites for hydroxylation is 4. The fraction of sp³-hybridized carbons (Fsp3) is 0.0417. The second kappa shape index (κ2) is 25.1. The predicted molar refractivity (Wildman–Crippen MR) is 418 cm³/mol. The van der Waals surface area contributed by atoms with Crippen molar-refractivity contribution in [2.45, 2.75) is 27.7 Å². The third-order valence-electron chi connectivity index (χ3n) is 20.1. The predicted octanol–water partition coefficient (Wildman–Crippen LogP) is 27.1. The molecular formula is C96H70N2. The summed E-state index contributed by atoms with van der Waals surface area (Å²) in [6, 6.07) is 131. The van der Waals surface area contributed by atoms with Gasteiger partial charge in [-0.2, -0.15) is 0 Å². The van der Waals surface area contributed by atoms with Crippen LogP contribution in [0, 0.1) is 27.7 Å². The minimum atomic E-state index is 1.07. The molecule has 0 aromatic heterocycles. The van der Waals surface area contributed by atoms with Gasteiger partial charge in [-0.05, 0) is 231 Å². The monoisotopic (exact) mass is 1250 g/mol. The van der Waals surface area contributed by atoms with Crippen molar-refractivity contribution in [3.05, 3.63) is 374 Å². The molecule has 464 valence electrons. The lowest BCUT2D eigenvalue weighted by Gasteiger charge is -2.38. The molecule has 0 unspecified atom stereocenters. The number of hydrogen-bond donors (Lipinski definition) is 0. The van der Waals surface area contributed by atoms with E-state index in [2.05, 4.69) is 389 Å². The highest BCUT2D eigenvalue weighted by Gasteiger charge is 2.39. The molecule has 0 amide bonds. The van der Waals surface area contributed by atoms with Gasteiger partial charge in [-0.15, -0.1) is 0 Å². The first kappa shape index (κ1) is 59.4. The van der Waals surface area contributed by atoms with Crippen molar-refractivity contribution < 1.29 is 0 Å². The van der Waals surface area contributed by atoms with E-state index in [0.29, 0.717) is 0 Å². The molecule has 0 fully saturated rings. The molecular weight excluding hydrogens is 1180 g/mol. The van der Waals surface area contributed by atoms with Crippen molar-refractivity contribution in [2.75, 3.05) is 9.80 Å². The third kappa shape index (κ3) is 10.5. The Morgan fingerprint density at radius 1 is 0.153 bits per heavy atom. The summed E-state index contributed by atoms with van der Waals surface area (Å²) >= 11 is 0. The molecule has 98 heavy (non-hydrogen) atoms. The Hall–Kier alpha value is -12.4. The summed E-state index contributed by atoms with van der Waals surface area (Å²) in [6.07, 6.45) is 0. The number of fused-ring (bicyclic) bond motifs is 6. The topological polar surface area (TPSA) is 6.48 Å². The van der Waals surface area contributed by atoms with Gasteiger partial charge in [-0.1, -0.05) is 303 Å². The van der Waals surface area contributed by atoms with Crippen LogP contribution in [0.5, 0.6) is 0 Å². The molecule has 0 spiro atoms. The van der Waals surface area contributed by atoms with Crippen molar-refractivity contribution >= 4 is 55.7 Å². The lowest BCUT2D eigenvalue weighted by molar-refractivity contribution is 1.23. The zero-order chi connectivity index (χ0) is 65.8. The van der Waals surface area contributed by atoms with Gasteiger partial charge in [-0.25, -0.2) is 0 Å². The molecule has 2 nitrogen and oxygen atoms in total. The van der Waals surface area contributed by atoms with Crippen LogP contribution in [0.4, 0.5) is 34.1 Å². The van der Waals surface area contributed by atoms with Gasteiger partial charge < -0.3 is 9.80 Å². The van der Waals surface area contributed by atoms with Crippen molar-refractivity contribution in [1.82, 2.24) is 0 Å². The molecule has 16 aromatic carbocycles. The van der Waals surface area contributed by atoms with Crippen LogP contribution in [-0.2, 0) is 0 Å². The SMILES string of the molecule is Cc1ccc(-c2ccccc2)cc1N(c1ccc2c(-c3ccccc3)c3c(c(-c4ccccc4)c2c1)-c1c-3c(-c2ccccc2)c2ccc(N(c3cc(-c4ccccc4)ccc3C)c3cc(-c4ccccc4)ccc3C)cc2c1-c1ccccc1)c1cc(-c2ccccc2)ccc1C. The van der Waals surface area contributed by atoms with Gasteiger partial charge in [0.15, 0.2) is 0 Å². The van der Waals surface area contributed by atoms with Crippen molar-refractivity contribution in [3.8, 4) is 111 Å². The Bertz CT molecular complexity index is 5140. The summed E-state index contributed by atoms with van der Waals surface area (Å²) in [6.45, 7) is 9.03. The summed E-state index contributed by atoms with van der Waals surface area (Å²) < 4.78 is 0. The summed E-state index contributed by atoms with van der Waals surface area (Å²) in [5, 5.41) is 4.75. The van der Waals surface area contributed by atoms with E-state index in [-0.39, 0.29) is 0 Å². The number of hydrogen-bond acceptors (Lipinski definition) is 2. The first-order valence-corrected chi connectivity index (χ1v) is 34.1. The number of anilines is 6. The molecule has 0 heterocycles. The van der Waals surface area contributed by atoms with E-state index in [1.807, 2.05) is 0 Å². The highest BCUT2D eigenvalue weighted by atomic mass is 15.2. The van der Waals surface area contributed by atoms with Gasteiger partial charge in [-0.3, -0.25) is 0 Å². The maximum Gasteiger partial charge on any atom is 0.0497 e. The molecule has 0 bridgehead atoms. The lowest BCUT2D eigenvalue weighted by atomic mass is 9.65. The Morgan fingerprint density at radius 2 is 0.357 bits per heavy atom. The molecule has 0 aliphatic heterocycles. The maximum absolute atomic E-state index is 2.53. The molecule has 17 rings (SSSR count). The average Bonchev–Trinajstić information content (AvgIpc) is 0.669. The fourth-order valence-electron chi connectivity index (χ4n) is 15.2. The van der Waals surface area contributed by atoms with Crippen molar-refractivity contribution in [2.24, 2.45) is 0 Å². The third-order valence-corrected chi connectivity index (χ3v) is 20.1. The van der Waals surface area contributed by atoms with E-state index in [9.17, 15) is 0 Å². The number of benzene rings is 16. The van der Waals surface area contributed by atoms with Crippen LogP contribution in [-0.4, -0.2) is 0 Å². The van der Waals surface area contributed by atoms with Crippen molar-refractivity contribution in [3.63, 3.8) is 0 Å². The normalized spacial score (nSPS) is 11.5. The first-order valence-electron chi connectivity index (χ1n) is 34.1. The smallest absolute Gasteiger partial charge is 0.0497 e. The maximum atomic E-state index is 2.53. The lowest BCUT2D eigenvalue weighted by Crippen LogP contribution is -2.14. The Morgan fingerprint density at radius 3 is 0.582 bits per heavy atom. The molecule has 1 aliphatic carbocycles. The van der Waals surface area contributed by atoms with E-state index < -0.39 is 0 Å². The van der Waals surface area contributed by atoms with E-state index in [4.69, 9.17) is 0 Å². The summed E-state index contributed by atoms with van der Waals surface area (Å²) in [5.74, 6) is 0. The van der Waals surface area contributed by atoms with E-state index in [1.165, 1.54) is 122 Å². The molecule has 1 aliphatic rings. The quantitative estimate of drug-likeness (QED) is 0.107. The van der Waals surface area contributed by atoms with Crippen LogP contribution >= 0.6 is 0 Å². The van der Waals surface area contributed by atoms with E-state index >= 15 is 0 Å². The molecule has 2 heteroatoms. The Kier molecular flexibility index (Phi) is 15.2. The van der Waals surface area contributed by atoms with Gasteiger partial charge in [0.1, 0.15) is 0 Å². The molecule has 0 saturated heterocycles. The molecule has 0 N–H and O–H groups in total. The highest BCUT2D eigenvalue weighted by molar-refractivity contribution is 6.33. The summed E-state index contributed by atoms with van der Waals surface area (Å²) in [5.41, 5.74) is 35.3. The second-order valence-electron chi connectivity index (χ2n) is 26.1. The van der Waals surface area contributed by atoms with Gasteiger partial charge in [0, 0.05) is 34.1 Å². The van der Waals surface area contributed by atoms with Crippen LogP contribution in [0.2, 0.25) is 0 Å². The first-order chi connectivity index (χ1) is 48.3. The molecule has 0 radical (unpaired) electrons. The van der Waals surface area contributed by atoms with Crippen LogP contribution in [0.15, 0.2) is 352 Å². The van der Waals surface area contributed by atoms with E-state index in [0.717, 1.165) is 67.5 Å². The van der Waals surface area contributed by atoms with Crippen LogP contribution in [0.1, 0.15) is 22.3 Å². The second-order valence-corrected chi connectivity index (χ2v) is 26.1. The fourth-order valence-corrected chi connectivity index (χ4v) is 15.2. The largest absolute Gasteiger partial charge is 0.310 e. The molecule has 0 atom stereocenters. The van der Waals surface area contributed by atoms with Gasteiger partial charge in [0.2, 0.25) is 0 Å². The van der Waals surface area contributed by atoms with Gasteiger partial charge in [0.25, 0.3) is 0 Å². The minimum Gasteiger partial charge on any atom is -0.310 e. The average molecular weight is 1250 g/mol. The Balaban J connectivity index is 0.993. The zero-order valence-corrected chi connectivity index (χ0v) is 55.4. The number of nitrogens with zero attached hydrogens (tertiary/aromatic N) is 2. The summed E-state index contributed by atoms with van der Waals surface area (Å²) in [7, 11) is 0. The van der Waals surface area contributed by atoms with E-state index in [1.54, 1.807) is 0 Å². The van der Waals surface area contributed by atoms with Gasteiger partial charge in [0.05, 0.1) is 0 Å². The molecule has 0 saturated carbocycles. The van der Waals surface area contributed by atoms with Crippen LogP contribution in [0.3, 0.4) is 0 Å². The molecule has 16 aromatic rings. The Labute approximate surface area is 575 Å². The standard InChI is InChI=1S/C96H70N2/c1-63-45-49-75(67-29-13-5-14-30-67)57-85(63)97(86-58-76(50-46-64(86)2)68-31-15-6-16-32-68)79-53-55-81-83(61-79)91(73-41-25-11-26-42-73)95-93(89(81)71-37-21-9-22-38-71)94-90(72-39-23-10-24-40-72)82-56-54-80(62-84(82)92(96(94)95)74-43-27-12-28-44-74)98(87-59-77(51-47-65(87)3)69-33-17-7-18-34-69)88-60-78(52-48-66(88)4)70-35-19-8-20-36-70/h5-62H,1-4H3. The van der Waals surface area contributed by atoms with Crippen LogP contribution < -0.4 is 9.80 Å². The van der Waals surface area contributed by atoms with Crippen LogP contribution in [0.25, 0.3) is 133 Å². The minimum absolute atomic E-state index is 1.07.